The van der Waals surface area contributed by atoms with E-state index in [4.69, 9.17) is 5.14 Å². The van der Waals surface area contributed by atoms with Crippen LogP contribution in [-0.2, 0) is 22.9 Å². The molecule has 1 aromatic heterocycles. The van der Waals surface area contributed by atoms with Gasteiger partial charge in [-0.1, -0.05) is 32.9 Å². The second-order valence-corrected chi connectivity index (χ2v) is 7.02. The lowest BCUT2D eigenvalue weighted by Gasteiger charge is -2.18. The van der Waals surface area contributed by atoms with Crippen LogP contribution in [0.1, 0.15) is 50.2 Å². The lowest BCUT2D eigenvalue weighted by Crippen LogP contribution is -2.16. The van der Waals surface area contributed by atoms with Crippen molar-refractivity contribution in [3.05, 3.63) is 41.2 Å². The molecule has 8 heteroatoms. The molecule has 0 aliphatic rings. The van der Waals surface area contributed by atoms with Crippen molar-refractivity contribution in [3.8, 4) is 0 Å². The van der Waals surface area contributed by atoms with Gasteiger partial charge >= 0.3 is 0 Å². The van der Waals surface area contributed by atoms with E-state index in [0.29, 0.717) is 5.95 Å². The Morgan fingerprint density at radius 2 is 1.83 bits per heavy atom. The minimum atomic E-state index is -3.73. The summed E-state index contributed by atoms with van der Waals surface area (Å²) in [6.07, 6.45) is 2.30. The van der Waals surface area contributed by atoms with Gasteiger partial charge in [-0.05, 0) is 37.0 Å². The van der Waals surface area contributed by atoms with E-state index in [0.717, 1.165) is 36.2 Å². The second-order valence-electron chi connectivity index (χ2n) is 5.46. The summed E-state index contributed by atoms with van der Waals surface area (Å²) in [6, 6.07) is 6.45. The maximum absolute atomic E-state index is 11.5. The van der Waals surface area contributed by atoms with E-state index in [1.165, 1.54) is 6.07 Å². The third kappa shape index (κ3) is 4.27. The molecule has 7 nitrogen and oxygen atoms in total. The van der Waals surface area contributed by atoms with Crippen LogP contribution in [0.2, 0.25) is 0 Å². The molecule has 3 N–H and O–H groups in total. The lowest BCUT2D eigenvalue weighted by atomic mass is 10.1. The van der Waals surface area contributed by atoms with Crippen LogP contribution in [0.5, 0.6) is 0 Å². The number of aryl methyl sites for hydroxylation is 2. The monoisotopic (exact) mass is 349 g/mol. The van der Waals surface area contributed by atoms with E-state index in [1.807, 2.05) is 26.8 Å². The topological polar surface area (TPSA) is 111 Å². The highest BCUT2D eigenvalue weighted by atomic mass is 32.2. The SMILES string of the molecule is CCc1nnc(NC(CC)c2cccc(S(N)(=O)=O)c2)nc1CC. The normalized spacial score (nSPS) is 12.8. The van der Waals surface area contributed by atoms with Crippen LogP contribution < -0.4 is 10.5 Å². The number of rotatable bonds is 7. The number of nitrogens with zero attached hydrogens (tertiary/aromatic N) is 3. The third-order valence-electron chi connectivity index (χ3n) is 3.81. The summed E-state index contributed by atoms with van der Waals surface area (Å²) in [4.78, 5) is 4.61. The number of sulfonamides is 1. The van der Waals surface area contributed by atoms with E-state index < -0.39 is 10.0 Å². The molecular formula is C16H23N5O2S. The number of hydrogen-bond donors (Lipinski definition) is 2. The number of aromatic nitrogens is 3. The van der Waals surface area contributed by atoms with Crippen LogP contribution in [0.25, 0.3) is 0 Å². The van der Waals surface area contributed by atoms with Gasteiger partial charge in [-0.15, -0.1) is 5.10 Å². The van der Waals surface area contributed by atoms with Crippen molar-refractivity contribution >= 4 is 16.0 Å². The maximum atomic E-state index is 11.5. The molecule has 2 rings (SSSR count). The molecular weight excluding hydrogens is 326 g/mol. The fourth-order valence-corrected chi connectivity index (χ4v) is 3.05. The smallest absolute Gasteiger partial charge is 0.243 e. The van der Waals surface area contributed by atoms with Crippen molar-refractivity contribution in [2.24, 2.45) is 5.14 Å². The van der Waals surface area contributed by atoms with Gasteiger partial charge in [0.05, 0.1) is 22.3 Å². The summed E-state index contributed by atoms with van der Waals surface area (Å²) >= 11 is 0. The van der Waals surface area contributed by atoms with Crippen LogP contribution in [-0.4, -0.2) is 23.6 Å². The Morgan fingerprint density at radius 1 is 1.12 bits per heavy atom. The number of hydrogen-bond acceptors (Lipinski definition) is 6. The van der Waals surface area contributed by atoms with Crippen molar-refractivity contribution < 1.29 is 8.42 Å². The van der Waals surface area contributed by atoms with E-state index in [2.05, 4.69) is 20.5 Å². The predicted molar refractivity (Wildman–Crippen MR) is 93.1 cm³/mol. The van der Waals surface area contributed by atoms with Gasteiger partial charge in [0.25, 0.3) is 0 Å². The van der Waals surface area contributed by atoms with Gasteiger partial charge in [0.15, 0.2) is 0 Å². The lowest BCUT2D eigenvalue weighted by molar-refractivity contribution is 0.597. The van der Waals surface area contributed by atoms with E-state index in [-0.39, 0.29) is 10.9 Å². The first-order valence-corrected chi connectivity index (χ1v) is 9.55. The Hall–Kier alpha value is -2.06. The zero-order chi connectivity index (χ0) is 17.7. The van der Waals surface area contributed by atoms with Crippen molar-refractivity contribution in [2.75, 3.05) is 5.32 Å². The van der Waals surface area contributed by atoms with Crippen LogP contribution in [0.3, 0.4) is 0 Å². The molecule has 0 saturated heterocycles. The van der Waals surface area contributed by atoms with Gasteiger partial charge in [-0.3, -0.25) is 0 Å². The largest absolute Gasteiger partial charge is 0.346 e. The number of anilines is 1. The standard InChI is InChI=1S/C16H23N5O2S/c1-4-13(11-8-7-9-12(10-11)24(17,22)23)18-16-19-14(5-2)15(6-3)20-21-16/h7-10,13H,4-6H2,1-3H3,(H2,17,22,23)(H,18,19,21). The predicted octanol–water partition coefficient (Wildman–Crippen LogP) is 2.21. The van der Waals surface area contributed by atoms with Gasteiger partial charge in [-0.25, -0.2) is 18.5 Å². The molecule has 130 valence electrons. The van der Waals surface area contributed by atoms with E-state index >= 15 is 0 Å². The first-order chi connectivity index (χ1) is 11.4. The molecule has 0 saturated carbocycles. The summed E-state index contributed by atoms with van der Waals surface area (Å²) < 4.78 is 23.1. The highest BCUT2D eigenvalue weighted by Crippen LogP contribution is 2.23. The van der Waals surface area contributed by atoms with Gasteiger partial charge in [0, 0.05) is 0 Å². The van der Waals surface area contributed by atoms with Crippen molar-refractivity contribution in [2.45, 2.75) is 51.0 Å². The fourth-order valence-electron chi connectivity index (χ4n) is 2.48. The fraction of sp³-hybridized carbons (Fsp3) is 0.438. The Bertz CT molecular complexity index is 808. The number of benzene rings is 1. The first kappa shape index (κ1) is 18.3. The quantitative estimate of drug-likeness (QED) is 0.793. The molecule has 0 radical (unpaired) electrons. The van der Waals surface area contributed by atoms with Gasteiger partial charge in [-0.2, -0.15) is 5.10 Å². The molecule has 1 unspecified atom stereocenters. The molecule has 24 heavy (non-hydrogen) atoms. The number of nitrogens with two attached hydrogens (primary N) is 1. The van der Waals surface area contributed by atoms with Crippen LogP contribution >= 0.6 is 0 Å². The van der Waals surface area contributed by atoms with Crippen LogP contribution in [0, 0.1) is 0 Å². The zero-order valence-corrected chi connectivity index (χ0v) is 15.0. The molecule has 0 aliphatic carbocycles. The van der Waals surface area contributed by atoms with Crippen molar-refractivity contribution in [3.63, 3.8) is 0 Å². The van der Waals surface area contributed by atoms with Gasteiger partial charge in [0.1, 0.15) is 0 Å². The molecule has 0 spiro atoms. The van der Waals surface area contributed by atoms with Crippen molar-refractivity contribution in [1.29, 1.82) is 0 Å². The molecule has 0 aliphatic heterocycles. The summed E-state index contributed by atoms with van der Waals surface area (Å²) in [5.41, 5.74) is 2.63. The molecule has 1 aromatic carbocycles. The van der Waals surface area contributed by atoms with Gasteiger partial charge < -0.3 is 5.32 Å². The average molecular weight is 349 g/mol. The first-order valence-electron chi connectivity index (χ1n) is 8.00. The summed E-state index contributed by atoms with van der Waals surface area (Å²) in [5, 5.41) is 16.8. The number of nitrogens with one attached hydrogen (secondary N) is 1. The van der Waals surface area contributed by atoms with Crippen molar-refractivity contribution in [1.82, 2.24) is 15.2 Å². The molecule has 0 bridgehead atoms. The minimum absolute atomic E-state index is 0.0925. The molecule has 2 aromatic rings. The third-order valence-corrected chi connectivity index (χ3v) is 4.72. The maximum Gasteiger partial charge on any atom is 0.243 e. The van der Waals surface area contributed by atoms with Gasteiger partial charge in [0.2, 0.25) is 16.0 Å². The number of primary sulfonamides is 1. The molecule has 0 amide bonds. The molecule has 1 atom stereocenters. The Labute approximate surface area is 142 Å². The Morgan fingerprint density at radius 3 is 2.42 bits per heavy atom. The summed E-state index contributed by atoms with van der Waals surface area (Å²) in [7, 11) is -3.73. The average Bonchev–Trinajstić information content (AvgIpc) is 2.58. The molecule has 0 fully saturated rings. The summed E-state index contributed by atoms with van der Waals surface area (Å²) in [5.74, 6) is 0.442. The zero-order valence-electron chi connectivity index (χ0n) is 14.2. The second kappa shape index (κ2) is 7.67. The van der Waals surface area contributed by atoms with Crippen LogP contribution in [0.15, 0.2) is 29.2 Å². The highest BCUT2D eigenvalue weighted by molar-refractivity contribution is 7.89. The van der Waals surface area contributed by atoms with E-state index in [9.17, 15) is 8.42 Å². The minimum Gasteiger partial charge on any atom is -0.346 e. The van der Waals surface area contributed by atoms with E-state index in [1.54, 1.807) is 12.1 Å². The highest BCUT2D eigenvalue weighted by Gasteiger charge is 2.15. The molecule has 1 heterocycles. The Kier molecular flexibility index (Phi) is 5.84. The Balaban J connectivity index is 2.30. The van der Waals surface area contributed by atoms with Crippen LogP contribution in [0.4, 0.5) is 5.95 Å². The summed E-state index contributed by atoms with van der Waals surface area (Å²) in [6.45, 7) is 6.04.